The van der Waals surface area contributed by atoms with Gasteiger partial charge in [-0.05, 0) is 33.1 Å². The van der Waals surface area contributed by atoms with E-state index in [1.165, 1.54) is 0 Å². The van der Waals surface area contributed by atoms with Gasteiger partial charge in [0.15, 0.2) is 0 Å². The highest BCUT2D eigenvalue weighted by molar-refractivity contribution is 5.96. The van der Waals surface area contributed by atoms with Crippen molar-refractivity contribution >= 4 is 5.91 Å². The monoisotopic (exact) mass is 309 g/mol. The zero-order chi connectivity index (χ0) is 16.4. The molecule has 1 aliphatic carbocycles. The third-order valence-electron chi connectivity index (χ3n) is 4.67. The molecule has 1 aliphatic rings. The Kier molecular flexibility index (Phi) is 5.24. The van der Waals surface area contributed by atoms with Gasteiger partial charge >= 0.3 is 0 Å². The molecule has 0 aromatic carbocycles. The summed E-state index contributed by atoms with van der Waals surface area (Å²) in [6, 6.07) is -0.203. The normalized spacial score (nSPS) is 24.7. The lowest BCUT2D eigenvalue weighted by atomic mass is 10.1. The van der Waals surface area contributed by atoms with Crippen LogP contribution < -0.4 is 0 Å². The van der Waals surface area contributed by atoms with Crippen molar-refractivity contribution in [3.63, 3.8) is 0 Å². The number of aryl methyl sites for hydroxylation is 2. The van der Waals surface area contributed by atoms with Crippen LogP contribution in [0.2, 0.25) is 0 Å². The van der Waals surface area contributed by atoms with Gasteiger partial charge in [0.05, 0.1) is 23.4 Å². The van der Waals surface area contributed by atoms with Gasteiger partial charge in [-0.25, -0.2) is 0 Å². The first-order valence-corrected chi connectivity index (χ1v) is 7.94. The molecule has 0 radical (unpaired) electrons. The van der Waals surface area contributed by atoms with E-state index in [9.17, 15) is 9.90 Å². The maximum Gasteiger partial charge on any atom is 0.257 e. The first-order chi connectivity index (χ1) is 10.4. The summed E-state index contributed by atoms with van der Waals surface area (Å²) in [7, 11) is 3.35. The molecule has 6 heteroatoms. The van der Waals surface area contributed by atoms with E-state index in [0.29, 0.717) is 5.56 Å². The third-order valence-corrected chi connectivity index (χ3v) is 4.67. The summed E-state index contributed by atoms with van der Waals surface area (Å²) in [6.45, 7) is 6.69. The number of hydrogen-bond acceptors (Lipinski definition) is 4. The fourth-order valence-electron chi connectivity index (χ4n) is 3.37. The molecule has 1 saturated carbocycles. The number of carbonyl (C=O) groups is 1. The Labute approximate surface area is 132 Å². The van der Waals surface area contributed by atoms with E-state index in [0.717, 1.165) is 37.2 Å². The number of hydrogen-bond donors (Lipinski definition) is 1. The molecular formula is C16H27N3O3. The molecule has 0 spiro atoms. The van der Waals surface area contributed by atoms with Crippen LogP contribution >= 0.6 is 0 Å². The molecule has 22 heavy (non-hydrogen) atoms. The van der Waals surface area contributed by atoms with Crippen LogP contribution in [0, 0.1) is 13.8 Å². The van der Waals surface area contributed by atoms with Crippen molar-refractivity contribution in [1.29, 1.82) is 0 Å². The molecule has 0 saturated heterocycles. The summed E-state index contributed by atoms with van der Waals surface area (Å²) in [5, 5.41) is 14.8. The highest BCUT2D eigenvalue weighted by Crippen LogP contribution is 2.28. The molecule has 0 aliphatic heterocycles. The molecule has 3 atom stereocenters. The van der Waals surface area contributed by atoms with Gasteiger partial charge in [-0.3, -0.25) is 9.48 Å². The third kappa shape index (κ3) is 2.90. The number of likely N-dealkylation sites (N-methyl/N-ethyl adjacent to an activating group) is 1. The molecule has 2 rings (SSSR count). The molecule has 124 valence electrons. The average molecular weight is 309 g/mol. The maximum atomic E-state index is 12.9. The van der Waals surface area contributed by atoms with Crippen LogP contribution in [-0.2, 0) is 11.3 Å². The summed E-state index contributed by atoms with van der Waals surface area (Å²) in [5.74, 6) is -0.0712. The van der Waals surface area contributed by atoms with E-state index in [1.807, 2.05) is 18.5 Å². The Bertz CT molecular complexity index is 541. The van der Waals surface area contributed by atoms with Crippen molar-refractivity contribution < 1.29 is 14.6 Å². The Hall–Kier alpha value is -1.40. The number of methoxy groups -OCH3 is 1. The van der Waals surface area contributed by atoms with E-state index in [-0.39, 0.29) is 18.1 Å². The van der Waals surface area contributed by atoms with E-state index in [2.05, 4.69) is 12.0 Å². The smallest absolute Gasteiger partial charge is 0.257 e. The van der Waals surface area contributed by atoms with Gasteiger partial charge in [0, 0.05) is 26.4 Å². The van der Waals surface area contributed by atoms with Crippen molar-refractivity contribution in [2.75, 3.05) is 14.2 Å². The van der Waals surface area contributed by atoms with E-state index < -0.39 is 6.10 Å². The number of nitrogens with zero attached hydrogens (tertiary/aromatic N) is 3. The Morgan fingerprint density at radius 2 is 2.14 bits per heavy atom. The number of carbonyl (C=O) groups excluding carboxylic acids is 1. The van der Waals surface area contributed by atoms with Crippen molar-refractivity contribution in [3.8, 4) is 0 Å². The minimum Gasteiger partial charge on any atom is -0.388 e. The molecule has 1 aromatic heterocycles. The Morgan fingerprint density at radius 3 is 2.68 bits per heavy atom. The van der Waals surface area contributed by atoms with Crippen LogP contribution in [0.4, 0.5) is 0 Å². The van der Waals surface area contributed by atoms with Crippen LogP contribution in [0.5, 0.6) is 0 Å². The van der Waals surface area contributed by atoms with Crippen LogP contribution in [0.15, 0.2) is 0 Å². The second kappa shape index (κ2) is 6.79. The molecule has 0 bridgehead atoms. The first kappa shape index (κ1) is 17.0. The van der Waals surface area contributed by atoms with Crippen molar-refractivity contribution in [2.45, 2.75) is 64.8 Å². The lowest BCUT2D eigenvalue weighted by Gasteiger charge is -2.28. The minimum atomic E-state index is -0.634. The average Bonchev–Trinajstić information content (AvgIpc) is 2.98. The van der Waals surface area contributed by atoms with Gasteiger partial charge in [0.2, 0.25) is 0 Å². The quantitative estimate of drug-likeness (QED) is 0.895. The molecule has 0 unspecified atom stereocenters. The highest BCUT2D eigenvalue weighted by Gasteiger charge is 2.39. The Balaban J connectivity index is 2.21. The lowest BCUT2D eigenvalue weighted by molar-refractivity contribution is -0.0156. The van der Waals surface area contributed by atoms with E-state index in [1.54, 1.807) is 19.1 Å². The summed E-state index contributed by atoms with van der Waals surface area (Å²) in [5.41, 5.74) is 2.30. The molecule has 1 heterocycles. The lowest BCUT2D eigenvalue weighted by Crippen LogP contribution is -2.44. The zero-order valence-corrected chi connectivity index (χ0v) is 14.2. The van der Waals surface area contributed by atoms with Crippen LogP contribution in [0.3, 0.4) is 0 Å². The number of aliphatic hydroxyl groups is 1. The van der Waals surface area contributed by atoms with Gasteiger partial charge in [-0.2, -0.15) is 5.10 Å². The maximum absolute atomic E-state index is 12.9. The summed E-state index contributed by atoms with van der Waals surface area (Å²) in [4.78, 5) is 14.5. The second-order valence-electron chi connectivity index (χ2n) is 6.09. The number of rotatable bonds is 5. The fourth-order valence-corrected chi connectivity index (χ4v) is 3.37. The molecule has 1 amide bonds. The van der Waals surface area contributed by atoms with Gasteiger partial charge in [-0.15, -0.1) is 0 Å². The summed E-state index contributed by atoms with van der Waals surface area (Å²) < 4.78 is 7.16. The fraction of sp³-hybridized carbons (Fsp3) is 0.750. The largest absolute Gasteiger partial charge is 0.388 e. The number of aliphatic hydroxyl groups excluding tert-OH is 1. The topological polar surface area (TPSA) is 67.6 Å². The molecule has 1 fully saturated rings. The molecule has 1 N–H and O–H groups in total. The number of amides is 1. The Morgan fingerprint density at radius 1 is 1.45 bits per heavy atom. The second-order valence-corrected chi connectivity index (χ2v) is 6.09. The van der Waals surface area contributed by atoms with Gasteiger partial charge in [0.25, 0.3) is 5.91 Å². The standard InChI is InChI=1S/C16H27N3O3/c1-6-9-19-11(3)14(10(2)17-19)16(21)18(4)12-7-8-13(22-5)15(12)20/h12-13,15,20H,6-9H2,1-5H3/t12-,13-,15-/m1/s1. The summed E-state index contributed by atoms with van der Waals surface area (Å²) in [6.07, 6.45) is 1.67. The van der Waals surface area contributed by atoms with E-state index in [4.69, 9.17) is 4.74 Å². The molecular weight excluding hydrogens is 282 g/mol. The number of aromatic nitrogens is 2. The first-order valence-electron chi connectivity index (χ1n) is 7.94. The van der Waals surface area contributed by atoms with Gasteiger partial charge in [-0.1, -0.05) is 6.92 Å². The highest BCUT2D eigenvalue weighted by atomic mass is 16.5. The van der Waals surface area contributed by atoms with Gasteiger partial charge < -0.3 is 14.7 Å². The predicted molar refractivity (Wildman–Crippen MR) is 83.9 cm³/mol. The predicted octanol–water partition coefficient (Wildman–Crippen LogP) is 1.52. The van der Waals surface area contributed by atoms with Crippen molar-refractivity contribution in [3.05, 3.63) is 17.0 Å². The summed E-state index contributed by atoms with van der Waals surface area (Å²) >= 11 is 0. The minimum absolute atomic E-state index is 0.0712. The van der Waals surface area contributed by atoms with Gasteiger partial charge in [0.1, 0.15) is 6.10 Å². The molecule has 6 nitrogen and oxygen atoms in total. The van der Waals surface area contributed by atoms with Crippen molar-refractivity contribution in [2.24, 2.45) is 0 Å². The molecule has 1 aromatic rings. The van der Waals surface area contributed by atoms with E-state index >= 15 is 0 Å². The van der Waals surface area contributed by atoms with Crippen LogP contribution in [0.1, 0.15) is 47.9 Å². The van der Waals surface area contributed by atoms with Crippen LogP contribution in [-0.4, -0.2) is 58.1 Å². The van der Waals surface area contributed by atoms with Crippen molar-refractivity contribution in [1.82, 2.24) is 14.7 Å². The SMILES string of the molecule is CCCn1nc(C)c(C(=O)N(C)[C@@H]2CC[C@@H](OC)[C@@H]2O)c1C. The van der Waals surface area contributed by atoms with Crippen LogP contribution in [0.25, 0.3) is 0 Å². The number of ether oxygens (including phenoxy) is 1. The zero-order valence-electron chi connectivity index (χ0n) is 14.2.